The lowest BCUT2D eigenvalue weighted by Crippen LogP contribution is -2.54. The van der Waals surface area contributed by atoms with Crippen molar-refractivity contribution in [3.63, 3.8) is 0 Å². The summed E-state index contributed by atoms with van der Waals surface area (Å²) in [4.78, 5) is 27.6. The summed E-state index contributed by atoms with van der Waals surface area (Å²) in [5, 5.41) is 17.6. The lowest BCUT2D eigenvalue weighted by atomic mass is 9.73. The Labute approximate surface area is 265 Å². The quantitative estimate of drug-likeness (QED) is 0.229. The van der Waals surface area contributed by atoms with Crippen molar-refractivity contribution in [2.45, 2.75) is 87.6 Å². The number of aliphatic hydroxyl groups excluding tert-OH is 1. The van der Waals surface area contributed by atoms with E-state index in [1.165, 1.54) is 23.9 Å². The van der Waals surface area contributed by atoms with Gasteiger partial charge in [0.1, 0.15) is 11.9 Å². The SMILES string of the molecule is COC1CCC(CC(O)C(Cc2ccccc2)NC(=O)C(CSc2ccc(F)cc2)NS(C)(=O)=O)C(C(=O)NC(C)(C)C)C1. The molecule has 1 aliphatic rings. The molecule has 1 fully saturated rings. The largest absolute Gasteiger partial charge is 0.391 e. The molecule has 0 saturated heterocycles. The Bertz CT molecular complexity index is 1320. The summed E-state index contributed by atoms with van der Waals surface area (Å²) < 4.78 is 45.7. The van der Waals surface area contributed by atoms with Crippen molar-refractivity contribution < 1.29 is 32.2 Å². The van der Waals surface area contributed by atoms with Crippen LogP contribution in [0.5, 0.6) is 0 Å². The summed E-state index contributed by atoms with van der Waals surface area (Å²) in [6, 6.07) is 13.2. The number of sulfonamides is 1. The topological polar surface area (TPSA) is 134 Å². The predicted octanol–water partition coefficient (Wildman–Crippen LogP) is 3.66. The van der Waals surface area contributed by atoms with Gasteiger partial charge in [-0.2, -0.15) is 0 Å². The molecular weight excluding hydrogens is 605 g/mol. The Balaban J connectivity index is 1.81. The van der Waals surface area contributed by atoms with Crippen molar-refractivity contribution in [1.82, 2.24) is 15.4 Å². The molecule has 2 amide bonds. The number of hydrogen-bond donors (Lipinski definition) is 4. The van der Waals surface area contributed by atoms with Gasteiger partial charge < -0.3 is 20.5 Å². The zero-order chi connectivity index (χ0) is 32.5. The fraction of sp³-hybridized carbons (Fsp3) is 0.562. The van der Waals surface area contributed by atoms with Gasteiger partial charge in [-0.3, -0.25) is 9.59 Å². The lowest BCUT2D eigenvalue weighted by molar-refractivity contribution is -0.132. The number of carbonyl (C=O) groups excluding carboxylic acids is 2. The summed E-state index contributed by atoms with van der Waals surface area (Å²) in [5.41, 5.74) is 0.466. The first-order chi connectivity index (χ1) is 20.6. The van der Waals surface area contributed by atoms with Gasteiger partial charge in [-0.05, 0) is 88.6 Å². The number of hydrogen-bond acceptors (Lipinski definition) is 7. The molecule has 0 aromatic heterocycles. The van der Waals surface area contributed by atoms with Gasteiger partial charge >= 0.3 is 0 Å². The fourth-order valence-corrected chi connectivity index (χ4v) is 7.25. The van der Waals surface area contributed by atoms with Gasteiger partial charge in [0.2, 0.25) is 21.8 Å². The Kier molecular flexibility index (Phi) is 13.2. The summed E-state index contributed by atoms with van der Waals surface area (Å²) in [7, 11) is -2.12. The number of ether oxygens (including phenoxy) is 1. The maximum absolute atomic E-state index is 13.6. The molecule has 0 bridgehead atoms. The van der Waals surface area contributed by atoms with E-state index in [9.17, 15) is 27.5 Å². The number of aliphatic hydroxyl groups is 1. The third-order valence-corrected chi connectivity index (χ3v) is 9.47. The van der Waals surface area contributed by atoms with E-state index in [0.717, 1.165) is 18.2 Å². The van der Waals surface area contributed by atoms with Gasteiger partial charge in [0.25, 0.3) is 0 Å². The molecule has 0 radical (unpaired) electrons. The van der Waals surface area contributed by atoms with Gasteiger partial charge in [-0.15, -0.1) is 11.8 Å². The van der Waals surface area contributed by atoms with Crippen molar-refractivity contribution in [3.8, 4) is 0 Å². The van der Waals surface area contributed by atoms with Gasteiger partial charge in [-0.25, -0.2) is 17.5 Å². The zero-order valence-electron chi connectivity index (χ0n) is 26.1. The number of nitrogens with one attached hydrogen (secondary N) is 3. The first kappa shape index (κ1) is 36.0. The van der Waals surface area contributed by atoms with Gasteiger partial charge in [0, 0.05) is 29.2 Å². The zero-order valence-corrected chi connectivity index (χ0v) is 27.7. The minimum atomic E-state index is -3.76. The molecule has 12 heteroatoms. The molecule has 244 valence electrons. The Morgan fingerprint density at radius 3 is 2.34 bits per heavy atom. The molecule has 0 spiro atoms. The third-order valence-electron chi connectivity index (χ3n) is 7.65. The van der Waals surface area contributed by atoms with E-state index in [4.69, 9.17) is 4.74 Å². The van der Waals surface area contributed by atoms with Crippen LogP contribution in [0.25, 0.3) is 0 Å². The normalized spacial score (nSPS) is 21.2. The van der Waals surface area contributed by atoms with Crippen LogP contribution in [0.4, 0.5) is 4.39 Å². The molecule has 0 heterocycles. The number of rotatable bonds is 14. The van der Waals surface area contributed by atoms with E-state index in [-0.39, 0.29) is 36.0 Å². The molecular formula is C32H46FN3O6S2. The van der Waals surface area contributed by atoms with Crippen molar-refractivity contribution >= 4 is 33.6 Å². The molecule has 6 atom stereocenters. The summed E-state index contributed by atoms with van der Waals surface area (Å²) in [5.74, 6) is -1.54. The van der Waals surface area contributed by atoms with Crippen LogP contribution in [0.15, 0.2) is 59.5 Å². The minimum Gasteiger partial charge on any atom is -0.391 e. The molecule has 1 saturated carbocycles. The average molecular weight is 652 g/mol. The Morgan fingerprint density at radius 2 is 1.75 bits per heavy atom. The van der Waals surface area contributed by atoms with Crippen LogP contribution in [0.1, 0.15) is 52.0 Å². The average Bonchev–Trinajstić information content (AvgIpc) is 2.95. The Morgan fingerprint density at radius 1 is 1.09 bits per heavy atom. The van der Waals surface area contributed by atoms with Crippen LogP contribution in [-0.2, 0) is 30.8 Å². The van der Waals surface area contributed by atoms with Crippen LogP contribution >= 0.6 is 11.8 Å². The monoisotopic (exact) mass is 651 g/mol. The minimum absolute atomic E-state index is 0.0504. The maximum Gasteiger partial charge on any atom is 0.239 e. The Hall–Kier alpha value is -2.51. The molecule has 0 aliphatic heterocycles. The number of halogens is 1. The fourth-order valence-electron chi connectivity index (χ4n) is 5.52. The molecule has 2 aromatic carbocycles. The van der Waals surface area contributed by atoms with Gasteiger partial charge in [0.05, 0.1) is 24.5 Å². The summed E-state index contributed by atoms with van der Waals surface area (Å²) >= 11 is 1.21. The number of thioether (sulfide) groups is 1. The van der Waals surface area contributed by atoms with Crippen LogP contribution in [0.3, 0.4) is 0 Å². The molecule has 2 aromatic rings. The second kappa shape index (κ2) is 16.2. The maximum atomic E-state index is 13.6. The molecule has 44 heavy (non-hydrogen) atoms. The van der Waals surface area contributed by atoms with Gasteiger partial charge in [-0.1, -0.05) is 30.3 Å². The van der Waals surface area contributed by atoms with E-state index < -0.39 is 45.5 Å². The van der Waals surface area contributed by atoms with Gasteiger partial charge in [0.15, 0.2) is 0 Å². The summed E-state index contributed by atoms with van der Waals surface area (Å²) in [6.07, 6.45) is 2.44. The standard InChI is InChI=1S/C32H46FN3O6S2/c1-32(2,3)35-30(38)26-19-24(42-4)14-11-22(26)18-29(37)27(17-21-9-7-6-8-10-21)34-31(39)28(36-44(5,40)41)20-43-25-15-12-23(33)13-16-25/h6-10,12-13,15-16,22,24,26-29,36-37H,11,14,17-20H2,1-5H3,(H,34,39)(H,35,38). The van der Waals surface area contributed by atoms with E-state index in [2.05, 4.69) is 15.4 Å². The van der Waals surface area contributed by atoms with Crippen LogP contribution in [0.2, 0.25) is 0 Å². The van der Waals surface area contributed by atoms with Crippen LogP contribution < -0.4 is 15.4 Å². The highest BCUT2D eigenvalue weighted by Crippen LogP contribution is 2.36. The highest BCUT2D eigenvalue weighted by Gasteiger charge is 2.39. The smallest absolute Gasteiger partial charge is 0.239 e. The molecule has 6 unspecified atom stereocenters. The molecule has 4 N–H and O–H groups in total. The first-order valence-corrected chi connectivity index (χ1v) is 17.7. The van der Waals surface area contributed by atoms with Crippen molar-refractivity contribution in [3.05, 3.63) is 66.0 Å². The van der Waals surface area contributed by atoms with Crippen LogP contribution in [-0.4, -0.2) is 74.3 Å². The van der Waals surface area contributed by atoms with E-state index >= 15 is 0 Å². The van der Waals surface area contributed by atoms with E-state index in [1.54, 1.807) is 19.2 Å². The number of benzene rings is 2. The number of methoxy groups -OCH3 is 1. The lowest BCUT2D eigenvalue weighted by Gasteiger charge is -2.38. The summed E-state index contributed by atoms with van der Waals surface area (Å²) in [6.45, 7) is 5.77. The van der Waals surface area contributed by atoms with E-state index in [0.29, 0.717) is 24.2 Å². The molecule has 3 rings (SSSR count). The first-order valence-electron chi connectivity index (χ1n) is 14.9. The van der Waals surface area contributed by atoms with E-state index in [1.807, 2.05) is 51.1 Å². The second-order valence-electron chi connectivity index (χ2n) is 12.6. The highest BCUT2D eigenvalue weighted by molar-refractivity contribution is 7.99. The van der Waals surface area contributed by atoms with Crippen molar-refractivity contribution in [2.75, 3.05) is 19.1 Å². The second-order valence-corrected chi connectivity index (χ2v) is 15.5. The van der Waals surface area contributed by atoms with Crippen LogP contribution in [0, 0.1) is 17.7 Å². The molecule has 9 nitrogen and oxygen atoms in total. The third kappa shape index (κ3) is 12.1. The highest BCUT2D eigenvalue weighted by atomic mass is 32.2. The predicted molar refractivity (Wildman–Crippen MR) is 171 cm³/mol. The van der Waals surface area contributed by atoms with Crippen molar-refractivity contribution in [2.24, 2.45) is 11.8 Å². The number of carbonyl (C=O) groups is 2. The van der Waals surface area contributed by atoms with Crippen molar-refractivity contribution in [1.29, 1.82) is 0 Å². The molecule has 1 aliphatic carbocycles. The number of amides is 2.